The van der Waals surface area contributed by atoms with Gasteiger partial charge in [0.1, 0.15) is 6.33 Å². The van der Waals surface area contributed by atoms with E-state index in [1.54, 1.807) is 0 Å². The predicted octanol–water partition coefficient (Wildman–Crippen LogP) is 3.45. The van der Waals surface area contributed by atoms with Gasteiger partial charge in [-0.1, -0.05) is 11.6 Å². The van der Waals surface area contributed by atoms with E-state index in [9.17, 15) is 13.2 Å². The second kappa shape index (κ2) is 4.03. The summed E-state index contributed by atoms with van der Waals surface area (Å²) >= 11 is 5.64. The zero-order chi connectivity index (χ0) is 12.6. The molecular weight excluding hydrogens is 255 g/mol. The van der Waals surface area contributed by atoms with Crippen molar-refractivity contribution in [3.8, 4) is 11.4 Å². The fourth-order valence-electron chi connectivity index (χ4n) is 1.45. The van der Waals surface area contributed by atoms with E-state index < -0.39 is 11.7 Å². The number of nitrogens with one attached hydrogen (secondary N) is 1. The molecule has 1 N–H and O–H groups in total. The number of hydrogen-bond acceptors (Lipinski definition) is 2. The summed E-state index contributed by atoms with van der Waals surface area (Å²) in [6.45, 7) is 1.51. The number of halogens is 4. The molecule has 0 aliphatic heterocycles. The number of hydrogen-bond donors (Lipinski definition) is 1. The van der Waals surface area contributed by atoms with Crippen LogP contribution in [0.15, 0.2) is 18.5 Å². The molecule has 0 atom stereocenters. The Morgan fingerprint density at radius 1 is 1.29 bits per heavy atom. The van der Waals surface area contributed by atoms with Crippen LogP contribution >= 0.6 is 11.6 Å². The average Bonchev–Trinajstić information content (AvgIpc) is 2.73. The first-order valence-electron chi connectivity index (χ1n) is 4.63. The summed E-state index contributed by atoms with van der Waals surface area (Å²) in [4.78, 5) is 3.80. The molecule has 0 aliphatic rings. The largest absolute Gasteiger partial charge is 0.417 e. The van der Waals surface area contributed by atoms with Crippen molar-refractivity contribution < 1.29 is 13.2 Å². The zero-order valence-corrected chi connectivity index (χ0v) is 9.39. The summed E-state index contributed by atoms with van der Waals surface area (Å²) in [7, 11) is 0. The van der Waals surface area contributed by atoms with Gasteiger partial charge >= 0.3 is 6.18 Å². The van der Waals surface area contributed by atoms with Gasteiger partial charge < -0.3 is 0 Å². The van der Waals surface area contributed by atoms with Crippen molar-refractivity contribution in [1.82, 2.24) is 15.2 Å². The van der Waals surface area contributed by atoms with E-state index in [-0.39, 0.29) is 16.4 Å². The lowest BCUT2D eigenvalue weighted by Crippen LogP contribution is -2.07. The minimum atomic E-state index is -4.49. The molecule has 0 spiro atoms. The van der Waals surface area contributed by atoms with Crippen LogP contribution in [0.3, 0.4) is 0 Å². The number of benzene rings is 1. The Balaban J connectivity index is 2.62. The highest BCUT2D eigenvalue weighted by Crippen LogP contribution is 2.38. The van der Waals surface area contributed by atoms with E-state index in [0.29, 0.717) is 5.56 Å². The maximum atomic E-state index is 12.7. The number of alkyl halides is 3. The van der Waals surface area contributed by atoms with Crippen molar-refractivity contribution in [2.24, 2.45) is 0 Å². The molecule has 7 heteroatoms. The normalized spacial score (nSPS) is 11.8. The van der Waals surface area contributed by atoms with Crippen molar-refractivity contribution in [1.29, 1.82) is 0 Å². The lowest BCUT2D eigenvalue weighted by Gasteiger charge is -2.12. The molecular formula is C10H7ClF3N3. The molecule has 2 aromatic rings. The molecule has 0 saturated heterocycles. The molecule has 0 bridgehead atoms. The first kappa shape index (κ1) is 11.9. The van der Waals surface area contributed by atoms with Gasteiger partial charge in [0.2, 0.25) is 0 Å². The highest BCUT2D eigenvalue weighted by atomic mass is 35.5. The molecule has 0 aliphatic carbocycles. The van der Waals surface area contributed by atoms with E-state index in [2.05, 4.69) is 15.2 Å². The monoisotopic (exact) mass is 261 g/mol. The molecule has 17 heavy (non-hydrogen) atoms. The summed E-state index contributed by atoms with van der Waals surface area (Å²) in [5.41, 5.74) is -0.263. The quantitative estimate of drug-likeness (QED) is 0.854. The molecule has 0 unspecified atom stereocenters. The Labute approximate surface area is 99.6 Å². The minimum Gasteiger partial charge on any atom is -0.265 e. The van der Waals surface area contributed by atoms with E-state index in [1.165, 1.54) is 19.3 Å². The maximum Gasteiger partial charge on any atom is 0.417 e. The van der Waals surface area contributed by atoms with Crippen LogP contribution in [0, 0.1) is 6.92 Å². The van der Waals surface area contributed by atoms with Gasteiger partial charge in [-0.15, -0.1) is 0 Å². The van der Waals surface area contributed by atoms with Crippen LogP contribution in [0.5, 0.6) is 0 Å². The molecule has 90 valence electrons. The number of aromatic nitrogens is 3. The summed E-state index contributed by atoms with van der Waals surface area (Å²) in [5.74, 6) is 0.204. The molecule has 1 aromatic heterocycles. The summed E-state index contributed by atoms with van der Waals surface area (Å²) < 4.78 is 38.2. The van der Waals surface area contributed by atoms with E-state index >= 15 is 0 Å². The third-order valence-electron chi connectivity index (χ3n) is 2.23. The summed E-state index contributed by atoms with van der Waals surface area (Å²) in [6.07, 6.45) is -3.19. The SMILES string of the molecule is Cc1cc(-c2nc[nH]n2)cc(C(F)(F)F)c1Cl. The highest BCUT2D eigenvalue weighted by molar-refractivity contribution is 6.32. The minimum absolute atomic E-state index is 0.204. The Morgan fingerprint density at radius 2 is 2.00 bits per heavy atom. The predicted molar refractivity (Wildman–Crippen MR) is 56.6 cm³/mol. The molecule has 0 fully saturated rings. The molecule has 1 aromatic carbocycles. The van der Waals surface area contributed by atoms with Gasteiger partial charge in [-0.2, -0.15) is 18.3 Å². The number of aromatic amines is 1. The Morgan fingerprint density at radius 3 is 2.53 bits per heavy atom. The number of nitrogens with zero attached hydrogens (tertiary/aromatic N) is 2. The summed E-state index contributed by atoms with van der Waals surface area (Å²) in [5, 5.41) is 5.88. The fraction of sp³-hybridized carbons (Fsp3) is 0.200. The van der Waals surface area contributed by atoms with Crippen molar-refractivity contribution in [2.75, 3.05) is 0 Å². The maximum absolute atomic E-state index is 12.7. The van der Waals surface area contributed by atoms with E-state index in [1.807, 2.05) is 0 Å². The van der Waals surface area contributed by atoms with Gasteiger partial charge in [0.15, 0.2) is 5.82 Å². The van der Waals surface area contributed by atoms with Gasteiger partial charge in [-0.25, -0.2) is 4.98 Å². The highest BCUT2D eigenvalue weighted by Gasteiger charge is 2.34. The smallest absolute Gasteiger partial charge is 0.265 e. The van der Waals surface area contributed by atoms with Crippen molar-refractivity contribution in [3.05, 3.63) is 34.6 Å². The van der Waals surface area contributed by atoms with Crippen molar-refractivity contribution >= 4 is 11.6 Å². The molecule has 1 heterocycles. The van der Waals surface area contributed by atoms with Crippen LogP contribution in [0.4, 0.5) is 13.2 Å². The number of rotatable bonds is 1. The molecule has 2 rings (SSSR count). The van der Waals surface area contributed by atoms with Gasteiger partial charge in [-0.3, -0.25) is 5.10 Å². The summed E-state index contributed by atoms with van der Waals surface area (Å²) in [6, 6.07) is 2.46. The number of H-pyrrole nitrogens is 1. The molecule has 0 radical (unpaired) electrons. The number of aryl methyl sites for hydroxylation is 1. The van der Waals surface area contributed by atoms with Crippen LogP contribution < -0.4 is 0 Å². The van der Waals surface area contributed by atoms with E-state index in [0.717, 1.165) is 6.07 Å². The molecule has 3 nitrogen and oxygen atoms in total. The van der Waals surface area contributed by atoms with Crippen molar-refractivity contribution in [3.63, 3.8) is 0 Å². The Bertz CT molecular complexity index is 534. The van der Waals surface area contributed by atoms with Gasteiger partial charge in [0.25, 0.3) is 0 Å². The molecule has 0 amide bonds. The lowest BCUT2D eigenvalue weighted by molar-refractivity contribution is -0.137. The standard InChI is InChI=1S/C10H7ClF3N3/c1-5-2-6(9-15-4-16-17-9)3-7(8(5)11)10(12,13)14/h2-4H,1H3,(H,15,16,17). The second-order valence-corrected chi connectivity index (χ2v) is 3.85. The third-order valence-corrected chi connectivity index (χ3v) is 2.73. The topological polar surface area (TPSA) is 41.6 Å². The van der Waals surface area contributed by atoms with Crippen LogP contribution in [0.25, 0.3) is 11.4 Å². The van der Waals surface area contributed by atoms with Crippen molar-refractivity contribution in [2.45, 2.75) is 13.1 Å². The van der Waals surface area contributed by atoms with Gasteiger partial charge in [-0.05, 0) is 24.6 Å². The van der Waals surface area contributed by atoms with Crippen LogP contribution in [0.1, 0.15) is 11.1 Å². The Hall–Kier alpha value is -1.56. The Kier molecular flexibility index (Phi) is 2.82. The van der Waals surface area contributed by atoms with Crippen LogP contribution in [0.2, 0.25) is 5.02 Å². The third kappa shape index (κ3) is 2.26. The molecule has 0 saturated carbocycles. The van der Waals surface area contributed by atoms with Gasteiger partial charge in [0, 0.05) is 5.56 Å². The first-order valence-corrected chi connectivity index (χ1v) is 5.01. The van der Waals surface area contributed by atoms with Gasteiger partial charge in [0.05, 0.1) is 10.6 Å². The first-order chi connectivity index (χ1) is 7.89. The van der Waals surface area contributed by atoms with E-state index in [4.69, 9.17) is 11.6 Å². The second-order valence-electron chi connectivity index (χ2n) is 3.48. The fourth-order valence-corrected chi connectivity index (χ4v) is 1.67. The lowest BCUT2D eigenvalue weighted by atomic mass is 10.1. The van der Waals surface area contributed by atoms with Crippen LogP contribution in [-0.4, -0.2) is 15.2 Å². The van der Waals surface area contributed by atoms with Crippen LogP contribution in [-0.2, 0) is 6.18 Å². The average molecular weight is 262 g/mol. The zero-order valence-electron chi connectivity index (χ0n) is 8.64.